The number of thioether (sulfide) groups is 1. The second-order valence-electron chi connectivity index (χ2n) is 3.05. The topological polar surface area (TPSA) is 46.2 Å². The van der Waals surface area contributed by atoms with E-state index >= 15 is 0 Å². The lowest BCUT2D eigenvalue weighted by Crippen LogP contribution is -2.24. The van der Waals surface area contributed by atoms with Gasteiger partial charge in [0.05, 0.1) is 6.10 Å². The zero-order chi connectivity index (χ0) is 9.84. The SMILES string of the molecule is CSc1ccccc1C(O)C(C)N. The van der Waals surface area contributed by atoms with Crippen molar-refractivity contribution in [2.75, 3.05) is 6.26 Å². The summed E-state index contributed by atoms with van der Waals surface area (Å²) in [5.41, 5.74) is 6.55. The molecule has 0 radical (unpaired) electrons. The van der Waals surface area contributed by atoms with Gasteiger partial charge in [0.2, 0.25) is 0 Å². The van der Waals surface area contributed by atoms with E-state index in [0.29, 0.717) is 0 Å². The number of nitrogens with two attached hydrogens (primary N) is 1. The van der Waals surface area contributed by atoms with E-state index in [4.69, 9.17) is 5.73 Å². The summed E-state index contributed by atoms with van der Waals surface area (Å²) in [5, 5.41) is 9.77. The molecule has 3 N–H and O–H groups in total. The zero-order valence-corrected chi connectivity index (χ0v) is 8.71. The lowest BCUT2D eigenvalue weighted by molar-refractivity contribution is 0.150. The van der Waals surface area contributed by atoms with E-state index in [1.165, 1.54) is 0 Å². The Morgan fingerprint density at radius 2 is 2.00 bits per heavy atom. The fraction of sp³-hybridized carbons (Fsp3) is 0.400. The number of aliphatic hydroxyl groups excluding tert-OH is 1. The van der Waals surface area contributed by atoms with Crippen molar-refractivity contribution in [3.8, 4) is 0 Å². The molecule has 2 unspecified atom stereocenters. The molecular formula is C10H15NOS. The van der Waals surface area contributed by atoms with Crippen LogP contribution in [-0.4, -0.2) is 17.4 Å². The molecule has 72 valence electrons. The van der Waals surface area contributed by atoms with Crippen molar-refractivity contribution >= 4 is 11.8 Å². The monoisotopic (exact) mass is 197 g/mol. The van der Waals surface area contributed by atoms with Crippen LogP contribution in [0.2, 0.25) is 0 Å². The molecule has 0 saturated heterocycles. The largest absolute Gasteiger partial charge is 0.387 e. The molecule has 0 spiro atoms. The molecule has 0 bridgehead atoms. The molecule has 2 atom stereocenters. The minimum atomic E-state index is -0.566. The quantitative estimate of drug-likeness (QED) is 0.726. The maximum absolute atomic E-state index is 9.77. The Morgan fingerprint density at radius 3 is 2.54 bits per heavy atom. The molecule has 13 heavy (non-hydrogen) atoms. The van der Waals surface area contributed by atoms with Crippen LogP contribution in [0.25, 0.3) is 0 Å². The van der Waals surface area contributed by atoms with Gasteiger partial charge in [-0.3, -0.25) is 0 Å². The highest BCUT2D eigenvalue weighted by atomic mass is 32.2. The standard InChI is InChI=1S/C10H15NOS/c1-7(11)10(12)8-5-3-4-6-9(8)13-2/h3-7,10,12H,11H2,1-2H3. The van der Waals surface area contributed by atoms with Gasteiger partial charge in [-0.25, -0.2) is 0 Å². The first-order valence-electron chi connectivity index (χ1n) is 4.23. The van der Waals surface area contributed by atoms with Gasteiger partial charge in [0.1, 0.15) is 0 Å². The molecule has 0 aliphatic rings. The first-order chi connectivity index (χ1) is 6.16. The molecule has 0 aliphatic carbocycles. The molecule has 0 saturated carbocycles. The number of hydrogen-bond donors (Lipinski definition) is 2. The van der Waals surface area contributed by atoms with Crippen molar-refractivity contribution in [3.05, 3.63) is 29.8 Å². The van der Waals surface area contributed by atoms with E-state index in [1.807, 2.05) is 37.4 Å². The minimum absolute atomic E-state index is 0.228. The van der Waals surface area contributed by atoms with Crippen molar-refractivity contribution in [2.24, 2.45) is 5.73 Å². The Bertz CT molecular complexity index is 275. The van der Waals surface area contributed by atoms with Gasteiger partial charge in [-0.1, -0.05) is 18.2 Å². The van der Waals surface area contributed by atoms with Crippen LogP contribution in [0.5, 0.6) is 0 Å². The molecular weight excluding hydrogens is 182 g/mol. The van der Waals surface area contributed by atoms with E-state index < -0.39 is 6.10 Å². The predicted molar refractivity (Wildman–Crippen MR) is 56.8 cm³/mol. The first kappa shape index (κ1) is 10.6. The van der Waals surface area contributed by atoms with Crippen LogP contribution in [0.4, 0.5) is 0 Å². The number of aliphatic hydroxyl groups is 1. The molecule has 0 heterocycles. The molecule has 0 aliphatic heterocycles. The third-order valence-corrected chi connectivity index (χ3v) is 2.77. The Morgan fingerprint density at radius 1 is 1.38 bits per heavy atom. The van der Waals surface area contributed by atoms with Crippen molar-refractivity contribution < 1.29 is 5.11 Å². The summed E-state index contributed by atoms with van der Waals surface area (Å²) in [4.78, 5) is 1.09. The van der Waals surface area contributed by atoms with Gasteiger partial charge in [0, 0.05) is 10.9 Å². The molecule has 0 aromatic heterocycles. The van der Waals surface area contributed by atoms with Gasteiger partial charge in [-0.2, -0.15) is 0 Å². The lowest BCUT2D eigenvalue weighted by Gasteiger charge is -2.17. The second-order valence-corrected chi connectivity index (χ2v) is 3.89. The molecule has 2 nitrogen and oxygen atoms in total. The predicted octanol–water partition coefficient (Wildman–Crippen LogP) is 1.79. The maximum Gasteiger partial charge on any atom is 0.0948 e. The van der Waals surface area contributed by atoms with Crippen molar-refractivity contribution in [1.82, 2.24) is 0 Å². The molecule has 1 rings (SSSR count). The minimum Gasteiger partial charge on any atom is -0.387 e. The number of benzene rings is 1. The van der Waals surface area contributed by atoms with Crippen LogP contribution < -0.4 is 5.73 Å². The van der Waals surface area contributed by atoms with Gasteiger partial charge < -0.3 is 10.8 Å². The average Bonchev–Trinajstić information content (AvgIpc) is 2.16. The Labute approximate surface area is 83.1 Å². The van der Waals surface area contributed by atoms with Gasteiger partial charge in [0.25, 0.3) is 0 Å². The second kappa shape index (κ2) is 4.65. The summed E-state index contributed by atoms with van der Waals surface area (Å²) >= 11 is 1.63. The lowest BCUT2D eigenvalue weighted by atomic mass is 10.0. The van der Waals surface area contributed by atoms with Crippen LogP contribution in [-0.2, 0) is 0 Å². The van der Waals surface area contributed by atoms with Crippen LogP contribution >= 0.6 is 11.8 Å². The van der Waals surface area contributed by atoms with Gasteiger partial charge >= 0.3 is 0 Å². The van der Waals surface area contributed by atoms with Crippen molar-refractivity contribution in [3.63, 3.8) is 0 Å². The summed E-state index contributed by atoms with van der Waals surface area (Å²) in [6.45, 7) is 1.81. The van der Waals surface area contributed by atoms with E-state index in [2.05, 4.69) is 0 Å². The Hall–Kier alpha value is -0.510. The average molecular weight is 197 g/mol. The Kier molecular flexibility index (Phi) is 3.78. The van der Waals surface area contributed by atoms with E-state index in [9.17, 15) is 5.11 Å². The molecule has 1 aromatic carbocycles. The van der Waals surface area contributed by atoms with E-state index in [1.54, 1.807) is 11.8 Å². The fourth-order valence-corrected chi connectivity index (χ4v) is 1.83. The third-order valence-electron chi connectivity index (χ3n) is 1.96. The summed E-state index contributed by atoms with van der Waals surface area (Å²) in [6, 6.07) is 7.56. The van der Waals surface area contributed by atoms with Gasteiger partial charge in [0.15, 0.2) is 0 Å². The van der Waals surface area contributed by atoms with Crippen molar-refractivity contribution in [1.29, 1.82) is 0 Å². The van der Waals surface area contributed by atoms with Crippen LogP contribution in [0.1, 0.15) is 18.6 Å². The smallest absolute Gasteiger partial charge is 0.0948 e. The van der Waals surface area contributed by atoms with Crippen molar-refractivity contribution in [2.45, 2.75) is 24.0 Å². The highest BCUT2D eigenvalue weighted by Crippen LogP contribution is 2.26. The third kappa shape index (κ3) is 2.46. The molecule has 0 amide bonds. The molecule has 0 fully saturated rings. The normalized spacial score (nSPS) is 15.4. The van der Waals surface area contributed by atoms with E-state index in [-0.39, 0.29) is 6.04 Å². The van der Waals surface area contributed by atoms with Gasteiger partial charge in [-0.05, 0) is 24.8 Å². The maximum atomic E-state index is 9.77. The van der Waals surface area contributed by atoms with Crippen LogP contribution in [0.15, 0.2) is 29.2 Å². The summed E-state index contributed by atoms with van der Waals surface area (Å²) in [6.07, 6.45) is 1.43. The number of rotatable bonds is 3. The Balaban J connectivity index is 2.98. The van der Waals surface area contributed by atoms with Crippen LogP contribution in [0.3, 0.4) is 0 Å². The van der Waals surface area contributed by atoms with Gasteiger partial charge in [-0.15, -0.1) is 11.8 Å². The summed E-state index contributed by atoms with van der Waals surface area (Å²) < 4.78 is 0. The number of hydrogen-bond acceptors (Lipinski definition) is 3. The zero-order valence-electron chi connectivity index (χ0n) is 7.90. The fourth-order valence-electron chi connectivity index (χ4n) is 1.19. The highest BCUT2D eigenvalue weighted by Gasteiger charge is 2.14. The van der Waals surface area contributed by atoms with Crippen LogP contribution in [0, 0.1) is 0 Å². The molecule has 1 aromatic rings. The van der Waals surface area contributed by atoms with E-state index in [0.717, 1.165) is 10.5 Å². The summed E-state index contributed by atoms with van der Waals surface area (Å²) in [5.74, 6) is 0. The molecule has 3 heteroatoms. The highest BCUT2D eigenvalue weighted by molar-refractivity contribution is 7.98. The summed E-state index contributed by atoms with van der Waals surface area (Å²) in [7, 11) is 0. The first-order valence-corrected chi connectivity index (χ1v) is 5.46.